The lowest BCUT2D eigenvalue weighted by Crippen LogP contribution is -2.45. The first kappa shape index (κ1) is 20.8. The molecule has 3 aromatic rings. The molecule has 0 aliphatic heterocycles. The summed E-state index contributed by atoms with van der Waals surface area (Å²) in [7, 11) is 1.24. The number of esters is 1. The molecule has 9 heteroatoms. The van der Waals surface area contributed by atoms with Crippen LogP contribution < -0.4 is 10.9 Å². The Bertz CT molecular complexity index is 1220. The van der Waals surface area contributed by atoms with Crippen LogP contribution in [0.4, 0.5) is 0 Å². The van der Waals surface area contributed by atoms with E-state index in [0.29, 0.717) is 11.3 Å². The standard InChI is InChI=1S/C21H21N5O4/c1-12-13(2)25-26(20(28)16(12)9-22)11-19(27)24-18(21(29)30-3)8-14-10-23-17-7-5-4-6-15(14)17/h4-7,10,18,23H,8,11H2,1-3H3,(H,24,27)/t18-/m0/s1. The van der Waals surface area contributed by atoms with Gasteiger partial charge in [0, 0.05) is 23.5 Å². The van der Waals surface area contributed by atoms with Crippen LogP contribution in [0.3, 0.4) is 0 Å². The highest BCUT2D eigenvalue weighted by molar-refractivity contribution is 5.87. The third kappa shape index (κ3) is 4.07. The Balaban J connectivity index is 1.82. The molecular weight excluding hydrogens is 386 g/mol. The number of H-pyrrole nitrogens is 1. The van der Waals surface area contributed by atoms with Gasteiger partial charge in [-0.05, 0) is 31.0 Å². The number of nitriles is 1. The van der Waals surface area contributed by atoms with Crippen molar-refractivity contribution in [3.05, 3.63) is 63.2 Å². The first-order valence-electron chi connectivity index (χ1n) is 9.26. The Hall–Kier alpha value is -3.93. The zero-order chi connectivity index (χ0) is 21.8. The molecule has 2 heterocycles. The van der Waals surface area contributed by atoms with E-state index >= 15 is 0 Å². The van der Waals surface area contributed by atoms with Crippen LogP contribution in [0, 0.1) is 25.2 Å². The molecule has 0 fully saturated rings. The van der Waals surface area contributed by atoms with Gasteiger partial charge < -0.3 is 15.0 Å². The zero-order valence-electron chi connectivity index (χ0n) is 16.9. The lowest BCUT2D eigenvalue weighted by atomic mass is 10.0. The van der Waals surface area contributed by atoms with E-state index in [1.54, 1.807) is 20.0 Å². The van der Waals surface area contributed by atoms with E-state index in [0.717, 1.165) is 21.1 Å². The van der Waals surface area contributed by atoms with E-state index in [1.807, 2.05) is 30.3 Å². The molecule has 0 radical (unpaired) electrons. The van der Waals surface area contributed by atoms with Gasteiger partial charge >= 0.3 is 5.97 Å². The second kappa shape index (κ2) is 8.61. The number of aromatic amines is 1. The van der Waals surface area contributed by atoms with E-state index in [9.17, 15) is 19.6 Å². The van der Waals surface area contributed by atoms with Crippen molar-refractivity contribution in [2.24, 2.45) is 0 Å². The van der Waals surface area contributed by atoms with E-state index in [1.165, 1.54) is 7.11 Å². The van der Waals surface area contributed by atoms with Crippen LogP contribution in [-0.4, -0.2) is 39.8 Å². The molecule has 0 aliphatic carbocycles. The smallest absolute Gasteiger partial charge is 0.328 e. The molecule has 1 aromatic carbocycles. The molecule has 0 spiro atoms. The minimum atomic E-state index is -0.945. The minimum Gasteiger partial charge on any atom is -0.467 e. The minimum absolute atomic E-state index is 0.0568. The number of aromatic nitrogens is 3. The SMILES string of the molecule is COC(=O)[C@H](Cc1c[nH]c2ccccc12)NC(=O)Cn1nc(C)c(C)c(C#N)c1=O. The predicted molar refractivity (Wildman–Crippen MR) is 109 cm³/mol. The molecule has 9 nitrogen and oxygen atoms in total. The average molecular weight is 407 g/mol. The second-order valence-corrected chi connectivity index (χ2v) is 6.87. The van der Waals surface area contributed by atoms with Crippen molar-refractivity contribution < 1.29 is 14.3 Å². The molecule has 2 N–H and O–H groups in total. The highest BCUT2D eigenvalue weighted by Crippen LogP contribution is 2.19. The fourth-order valence-corrected chi connectivity index (χ4v) is 3.24. The number of fused-ring (bicyclic) bond motifs is 1. The number of hydrogen-bond donors (Lipinski definition) is 2. The van der Waals surface area contributed by atoms with Gasteiger partial charge in [0.25, 0.3) is 5.56 Å². The lowest BCUT2D eigenvalue weighted by molar-refractivity contribution is -0.145. The zero-order valence-corrected chi connectivity index (χ0v) is 16.9. The van der Waals surface area contributed by atoms with Gasteiger partial charge in [-0.2, -0.15) is 10.4 Å². The first-order chi connectivity index (χ1) is 14.3. The highest BCUT2D eigenvalue weighted by atomic mass is 16.5. The Labute approximate surface area is 172 Å². The lowest BCUT2D eigenvalue weighted by Gasteiger charge is -2.17. The van der Waals surface area contributed by atoms with E-state index in [2.05, 4.69) is 15.4 Å². The van der Waals surface area contributed by atoms with Gasteiger partial charge in [0.2, 0.25) is 5.91 Å². The van der Waals surface area contributed by atoms with Crippen molar-refractivity contribution >= 4 is 22.8 Å². The summed E-state index contributed by atoms with van der Waals surface area (Å²) in [4.78, 5) is 40.3. The number of methoxy groups -OCH3 is 1. The molecule has 1 amide bonds. The number of hydrogen-bond acceptors (Lipinski definition) is 6. The Morgan fingerprint density at radius 3 is 2.77 bits per heavy atom. The number of carbonyl (C=O) groups is 2. The summed E-state index contributed by atoms with van der Waals surface area (Å²) in [6.45, 7) is 2.86. The summed E-state index contributed by atoms with van der Waals surface area (Å²) in [5.74, 6) is -1.20. The number of ether oxygens (including phenoxy) is 1. The summed E-state index contributed by atoms with van der Waals surface area (Å²) in [5, 5.41) is 16.8. The fraction of sp³-hybridized carbons (Fsp3) is 0.286. The maximum absolute atomic E-state index is 12.6. The Kier molecular flexibility index (Phi) is 5.97. The summed E-state index contributed by atoms with van der Waals surface area (Å²) >= 11 is 0. The third-order valence-electron chi connectivity index (χ3n) is 4.96. The maximum atomic E-state index is 12.6. The average Bonchev–Trinajstić information content (AvgIpc) is 3.14. The molecule has 2 aromatic heterocycles. The van der Waals surface area contributed by atoms with Crippen LogP contribution >= 0.6 is 0 Å². The normalized spacial score (nSPS) is 11.7. The van der Waals surface area contributed by atoms with Gasteiger partial charge in [0.15, 0.2) is 0 Å². The highest BCUT2D eigenvalue weighted by Gasteiger charge is 2.24. The number of amides is 1. The first-order valence-corrected chi connectivity index (χ1v) is 9.26. The molecular formula is C21H21N5O4. The second-order valence-electron chi connectivity index (χ2n) is 6.87. The van der Waals surface area contributed by atoms with Crippen LogP contribution in [0.25, 0.3) is 10.9 Å². The molecule has 30 heavy (non-hydrogen) atoms. The topological polar surface area (TPSA) is 130 Å². The number of rotatable bonds is 6. The number of nitrogens with zero attached hydrogens (tertiary/aromatic N) is 3. The fourth-order valence-electron chi connectivity index (χ4n) is 3.24. The molecule has 154 valence electrons. The number of carbonyl (C=O) groups excluding carboxylic acids is 2. The van der Waals surface area contributed by atoms with E-state index in [-0.39, 0.29) is 12.0 Å². The van der Waals surface area contributed by atoms with Crippen molar-refractivity contribution in [3.63, 3.8) is 0 Å². The van der Waals surface area contributed by atoms with E-state index in [4.69, 9.17) is 4.74 Å². The van der Waals surface area contributed by atoms with Gasteiger partial charge in [-0.1, -0.05) is 18.2 Å². The van der Waals surface area contributed by atoms with Gasteiger partial charge in [0.1, 0.15) is 24.2 Å². The maximum Gasteiger partial charge on any atom is 0.328 e. The molecule has 0 bridgehead atoms. The van der Waals surface area contributed by atoms with Gasteiger partial charge in [-0.25, -0.2) is 9.48 Å². The molecule has 0 saturated heterocycles. The van der Waals surface area contributed by atoms with Crippen LogP contribution in [0.5, 0.6) is 0 Å². The van der Waals surface area contributed by atoms with Crippen LogP contribution in [-0.2, 0) is 27.3 Å². The van der Waals surface area contributed by atoms with Crippen molar-refractivity contribution in [2.75, 3.05) is 7.11 Å². The molecule has 3 rings (SSSR count). The monoisotopic (exact) mass is 407 g/mol. The Morgan fingerprint density at radius 1 is 1.33 bits per heavy atom. The van der Waals surface area contributed by atoms with Crippen molar-refractivity contribution in [2.45, 2.75) is 32.9 Å². The third-order valence-corrected chi connectivity index (χ3v) is 4.96. The number of nitrogens with one attached hydrogen (secondary N) is 2. The number of aryl methyl sites for hydroxylation is 1. The summed E-state index contributed by atoms with van der Waals surface area (Å²) in [6, 6.07) is 8.51. The van der Waals surface area contributed by atoms with E-state index < -0.39 is 30.0 Å². The molecule has 0 unspecified atom stereocenters. The van der Waals surface area contributed by atoms with Gasteiger partial charge in [-0.3, -0.25) is 9.59 Å². The molecule has 0 saturated carbocycles. The largest absolute Gasteiger partial charge is 0.467 e. The summed E-state index contributed by atoms with van der Waals surface area (Å²) < 4.78 is 5.76. The Morgan fingerprint density at radius 2 is 2.07 bits per heavy atom. The van der Waals surface area contributed by atoms with Crippen molar-refractivity contribution in [1.29, 1.82) is 5.26 Å². The predicted octanol–water partition coefficient (Wildman–Crippen LogP) is 1.11. The van der Waals surface area contributed by atoms with Crippen LogP contribution in [0.2, 0.25) is 0 Å². The van der Waals surface area contributed by atoms with Crippen LogP contribution in [0.15, 0.2) is 35.3 Å². The number of para-hydroxylation sites is 1. The van der Waals surface area contributed by atoms with Crippen molar-refractivity contribution in [3.8, 4) is 6.07 Å². The molecule has 1 atom stereocenters. The quantitative estimate of drug-likeness (QED) is 0.589. The summed E-state index contributed by atoms with van der Waals surface area (Å²) in [5.41, 5.74) is 2.00. The molecule has 0 aliphatic rings. The van der Waals surface area contributed by atoms with Crippen LogP contribution in [0.1, 0.15) is 22.4 Å². The van der Waals surface area contributed by atoms with Crippen molar-refractivity contribution in [1.82, 2.24) is 20.1 Å². The van der Waals surface area contributed by atoms with Gasteiger partial charge in [-0.15, -0.1) is 0 Å². The van der Waals surface area contributed by atoms with Gasteiger partial charge in [0.05, 0.1) is 12.8 Å². The number of benzene rings is 1. The summed E-state index contributed by atoms with van der Waals surface area (Å²) in [6.07, 6.45) is 1.99.